The van der Waals surface area contributed by atoms with Gasteiger partial charge in [0.25, 0.3) is 11.5 Å². The summed E-state index contributed by atoms with van der Waals surface area (Å²) < 4.78 is 8.63. The molecular formula is C22H27N5O3. The molecule has 4 rings (SSSR count). The van der Waals surface area contributed by atoms with E-state index in [9.17, 15) is 9.59 Å². The van der Waals surface area contributed by atoms with E-state index in [4.69, 9.17) is 4.74 Å². The summed E-state index contributed by atoms with van der Waals surface area (Å²) in [5.41, 5.74) is 1.77. The predicted molar refractivity (Wildman–Crippen MR) is 114 cm³/mol. The standard InChI is InChI=1S/C22H27N5O3/c1-2-9-26-15-18(21(28)23-8-10-25-11-13-30-14-12-25)20-19(16-26)22(29)27(24-20)17-6-4-3-5-7-17/h3-7,15-16H,2,8-14H2,1H3,(H,23,28). The molecule has 3 aliphatic rings. The maximum Gasteiger partial charge on any atom is 0.282 e. The van der Waals surface area contributed by atoms with Crippen LogP contribution in [0.1, 0.15) is 23.7 Å². The Morgan fingerprint density at radius 3 is 2.63 bits per heavy atom. The maximum absolute atomic E-state index is 13.0. The number of hydrogen-bond donors (Lipinski definition) is 1. The van der Waals surface area contributed by atoms with Gasteiger partial charge < -0.3 is 14.6 Å². The third-order valence-electron chi connectivity index (χ3n) is 5.27. The van der Waals surface area contributed by atoms with E-state index in [0.717, 1.165) is 45.8 Å². The van der Waals surface area contributed by atoms with Gasteiger partial charge in [0, 0.05) is 45.1 Å². The molecule has 0 saturated carbocycles. The van der Waals surface area contributed by atoms with Crippen molar-refractivity contribution >= 4 is 5.91 Å². The highest BCUT2D eigenvalue weighted by molar-refractivity contribution is 5.99. The smallest absolute Gasteiger partial charge is 0.282 e. The fourth-order valence-corrected chi connectivity index (χ4v) is 3.71. The van der Waals surface area contributed by atoms with Crippen molar-refractivity contribution in [2.45, 2.75) is 19.9 Å². The number of aromatic nitrogens is 3. The Bertz CT molecular complexity index is 1020. The van der Waals surface area contributed by atoms with Crippen LogP contribution in [0.5, 0.6) is 0 Å². The topological polar surface area (TPSA) is 81.4 Å². The monoisotopic (exact) mass is 409 g/mol. The quantitative estimate of drug-likeness (QED) is 0.641. The van der Waals surface area contributed by atoms with Gasteiger partial charge in [0.1, 0.15) is 5.69 Å². The Morgan fingerprint density at radius 1 is 1.13 bits per heavy atom. The van der Waals surface area contributed by atoms with Crippen LogP contribution in [0.3, 0.4) is 0 Å². The first-order chi connectivity index (χ1) is 14.7. The van der Waals surface area contributed by atoms with Crippen LogP contribution in [0, 0.1) is 0 Å². The second-order valence-electron chi connectivity index (χ2n) is 7.43. The lowest BCUT2D eigenvalue weighted by molar-refractivity contribution is 0.0383. The summed E-state index contributed by atoms with van der Waals surface area (Å²) >= 11 is 0. The van der Waals surface area contributed by atoms with Crippen molar-refractivity contribution in [2.75, 3.05) is 39.4 Å². The molecule has 1 saturated heterocycles. The highest BCUT2D eigenvalue weighted by Crippen LogP contribution is 2.22. The Labute approximate surface area is 175 Å². The van der Waals surface area contributed by atoms with Crippen LogP contribution in [0.4, 0.5) is 0 Å². The molecular weight excluding hydrogens is 382 g/mol. The van der Waals surface area contributed by atoms with Gasteiger partial charge >= 0.3 is 0 Å². The third kappa shape index (κ3) is 4.29. The van der Waals surface area contributed by atoms with Crippen molar-refractivity contribution < 1.29 is 9.53 Å². The summed E-state index contributed by atoms with van der Waals surface area (Å²) in [4.78, 5) is 28.3. The first kappa shape index (κ1) is 20.3. The highest BCUT2D eigenvalue weighted by Gasteiger charge is 2.24. The summed E-state index contributed by atoms with van der Waals surface area (Å²) in [7, 11) is 0. The highest BCUT2D eigenvalue weighted by atomic mass is 16.5. The molecule has 1 aromatic rings. The summed E-state index contributed by atoms with van der Waals surface area (Å²) in [6.07, 6.45) is 4.48. The van der Waals surface area contributed by atoms with Crippen LogP contribution in [0.2, 0.25) is 0 Å². The Balaban J connectivity index is 1.62. The summed E-state index contributed by atoms with van der Waals surface area (Å²) in [6.45, 7) is 7.30. The third-order valence-corrected chi connectivity index (χ3v) is 5.27. The van der Waals surface area contributed by atoms with Gasteiger partial charge in [0.15, 0.2) is 0 Å². The van der Waals surface area contributed by atoms with E-state index in [1.807, 2.05) is 34.9 Å². The lowest BCUT2D eigenvalue weighted by Crippen LogP contribution is -2.41. The fourth-order valence-electron chi connectivity index (χ4n) is 3.71. The molecule has 0 unspecified atom stereocenters. The average molecular weight is 409 g/mol. The number of rotatable bonds is 7. The molecule has 0 bridgehead atoms. The zero-order valence-electron chi connectivity index (χ0n) is 17.2. The van der Waals surface area contributed by atoms with Crippen molar-refractivity contribution in [2.24, 2.45) is 0 Å². The predicted octanol–water partition coefficient (Wildman–Crippen LogP) is 1.61. The Hall–Kier alpha value is -2.97. The summed E-state index contributed by atoms with van der Waals surface area (Å²) in [5, 5.41) is 7.50. The molecule has 1 amide bonds. The molecule has 3 heterocycles. The summed E-state index contributed by atoms with van der Waals surface area (Å²) in [5.74, 6) is -0.212. The fraction of sp³-hybridized carbons (Fsp3) is 0.409. The van der Waals surface area contributed by atoms with Gasteiger partial charge in [-0.2, -0.15) is 9.78 Å². The van der Waals surface area contributed by atoms with E-state index in [1.165, 1.54) is 4.68 Å². The van der Waals surface area contributed by atoms with Crippen LogP contribution in [-0.2, 0) is 11.3 Å². The van der Waals surface area contributed by atoms with Crippen LogP contribution in [0.25, 0.3) is 16.9 Å². The first-order valence-electron chi connectivity index (χ1n) is 10.4. The largest absolute Gasteiger partial charge is 0.379 e. The Morgan fingerprint density at radius 2 is 1.90 bits per heavy atom. The van der Waals surface area contributed by atoms with E-state index >= 15 is 0 Å². The Kier molecular flexibility index (Phi) is 6.25. The second kappa shape index (κ2) is 9.23. The second-order valence-corrected chi connectivity index (χ2v) is 7.43. The van der Waals surface area contributed by atoms with Gasteiger partial charge in [0.2, 0.25) is 0 Å². The molecule has 1 fully saturated rings. The molecule has 158 valence electrons. The van der Waals surface area contributed by atoms with Gasteiger partial charge in [-0.05, 0) is 18.6 Å². The minimum atomic E-state index is -0.219. The number of nitrogens with zero attached hydrogens (tertiary/aromatic N) is 4. The molecule has 0 radical (unpaired) electrons. The van der Waals surface area contributed by atoms with Gasteiger partial charge in [0.05, 0.1) is 30.0 Å². The molecule has 8 heteroatoms. The van der Waals surface area contributed by atoms with Crippen LogP contribution in [0.15, 0.2) is 47.5 Å². The van der Waals surface area contributed by atoms with Crippen LogP contribution >= 0.6 is 0 Å². The first-order valence-corrected chi connectivity index (χ1v) is 10.4. The number of carbonyl (C=O) groups excluding carboxylic acids is 1. The number of nitrogens with one attached hydrogen (secondary N) is 1. The number of carbonyl (C=O) groups is 1. The van der Waals surface area contributed by atoms with Crippen molar-refractivity contribution in [3.63, 3.8) is 0 Å². The number of amides is 1. The van der Waals surface area contributed by atoms with Gasteiger partial charge in [-0.15, -0.1) is 0 Å². The molecule has 0 aromatic heterocycles. The molecule has 3 aliphatic heterocycles. The average Bonchev–Trinajstić information content (AvgIpc) is 3.11. The van der Waals surface area contributed by atoms with E-state index < -0.39 is 0 Å². The normalized spacial score (nSPS) is 14.8. The number of benzene rings is 1. The number of fused-ring (bicyclic) bond motifs is 1. The number of para-hydroxylation sites is 1. The van der Waals surface area contributed by atoms with Crippen LogP contribution in [-0.4, -0.2) is 64.5 Å². The van der Waals surface area contributed by atoms with E-state index in [2.05, 4.69) is 22.2 Å². The molecule has 8 nitrogen and oxygen atoms in total. The molecule has 0 spiro atoms. The van der Waals surface area contributed by atoms with Crippen molar-refractivity contribution in [1.82, 2.24) is 24.6 Å². The SMILES string of the molecule is CCCn1cc(C(=O)NCCN2CCOCC2)c2nn(-c3ccccc3)c(=O)c-2c1. The van der Waals surface area contributed by atoms with Crippen molar-refractivity contribution in [3.8, 4) is 16.9 Å². The number of morpholine rings is 1. The molecule has 0 aliphatic carbocycles. The van der Waals surface area contributed by atoms with Crippen LogP contribution < -0.4 is 10.9 Å². The summed E-state index contributed by atoms with van der Waals surface area (Å²) in [6, 6.07) is 9.26. The lowest BCUT2D eigenvalue weighted by Gasteiger charge is -2.26. The number of hydrogen-bond acceptors (Lipinski definition) is 5. The van der Waals surface area contributed by atoms with E-state index in [-0.39, 0.29) is 11.5 Å². The van der Waals surface area contributed by atoms with E-state index in [1.54, 1.807) is 12.4 Å². The molecule has 30 heavy (non-hydrogen) atoms. The minimum absolute atomic E-state index is 0.212. The molecule has 0 atom stereocenters. The zero-order valence-corrected chi connectivity index (χ0v) is 17.2. The van der Waals surface area contributed by atoms with Gasteiger partial charge in [-0.1, -0.05) is 25.1 Å². The van der Waals surface area contributed by atoms with Crippen molar-refractivity contribution in [1.29, 1.82) is 0 Å². The van der Waals surface area contributed by atoms with E-state index in [0.29, 0.717) is 29.1 Å². The maximum atomic E-state index is 13.0. The molecule has 1 N–H and O–H groups in total. The minimum Gasteiger partial charge on any atom is -0.379 e. The molecule has 1 aromatic carbocycles. The van der Waals surface area contributed by atoms with Gasteiger partial charge in [-0.25, -0.2) is 0 Å². The number of ether oxygens (including phenoxy) is 1. The van der Waals surface area contributed by atoms with Gasteiger partial charge in [-0.3, -0.25) is 14.5 Å². The van der Waals surface area contributed by atoms with Crippen molar-refractivity contribution in [3.05, 3.63) is 58.6 Å². The zero-order chi connectivity index (χ0) is 20.9. The number of pyridine rings is 1. The lowest BCUT2D eigenvalue weighted by atomic mass is 10.1. The number of aryl methyl sites for hydroxylation is 1.